The maximum atomic E-state index is 12.8. The van der Waals surface area contributed by atoms with Crippen LogP contribution in [0.25, 0.3) is 0 Å². The first kappa shape index (κ1) is 13.5. The van der Waals surface area contributed by atoms with Crippen LogP contribution in [0, 0.1) is 5.92 Å². The Kier molecular flexibility index (Phi) is 3.68. The molecule has 1 aromatic rings. The highest BCUT2D eigenvalue weighted by atomic mass is 16.2. The van der Waals surface area contributed by atoms with Crippen molar-refractivity contribution in [3.8, 4) is 0 Å². The zero-order valence-electron chi connectivity index (χ0n) is 12.2. The Morgan fingerprint density at radius 2 is 2.00 bits per heavy atom. The van der Waals surface area contributed by atoms with Gasteiger partial charge in [0.15, 0.2) is 0 Å². The number of aryl methyl sites for hydroxylation is 1. The molecule has 2 fully saturated rings. The minimum atomic E-state index is 0.0653. The summed E-state index contributed by atoms with van der Waals surface area (Å²) in [4.78, 5) is 14.8. The number of nitrogen functional groups attached to an aromatic ring is 1. The largest absolute Gasteiger partial charge is 0.396 e. The molecule has 1 unspecified atom stereocenters. The monoisotopic (exact) mass is 276 g/mol. The van der Waals surface area contributed by atoms with Crippen molar-refractivity contribution in [3.05, 3.63) is 11.9 Å². The van der Waals surface area contributed by atoms with Crippen molar-refractivity contribution in [2.75, 3.05) is 12.3 Å². The fraction of sp³-hybridized carbons (Fsp3) is 0.733. The number of nitrogens with zero attached hydrogens (tertiary/aromatic N) is 3. The third-order valence-corrected chi connectivity index (χ3v) is 4.92. The van der Waals surface area contributed by atoms with Gasteiger partial charge in [0.25, 0.3) is 5.91 Å². The van der Waals surface area contributed by atoms with Crippen molar-refractivity contribution in [1.29, 1.82) is 0 Å². The molecule has 5 heteroatoms. The van der Waals surface area contributed by atoms with Crippen LogP contribution in [0.1, 0.15) is 55.4 Å². The number of hydrogen-bond donors (Lipinski definition) is 1. The first-order valence-electron chi connectivity index (χ1n) is 7.77. The number of likely N-dealkylation sites (tertiary alicyclic amines) is 1. The fourth-order valence-corrected chi connectivity index (χ4v) is 3.91. The van der Waals surface area contributed by atoms with Gasteiger partial charge in [0, 0.05) is 19.6 Å². The second kappa shape index (κ2) is 5.46. The SMILES string of the molecule is Cn1ncc(N)c1C(=O)N1CCCC1C1CCCCC1. The van der Waals surface area contributed by atoms with E-state index in [0.29, 0.717) is 23.3 Å². The van der Waals surface area contributed by atoms with E-state index in [-0.39, 0.29) is 5.91 Å². The molecule has 0 spiro atoms. The minimum absolute atomic E-state index is 0.0653. The maximum absolute atomic E-state index is 12.8. The molecule has 2 aliphatic rings. The number of aromatic nitrogens is 2. The zero-order chi connectivity index (χ0) is 14.1. The predicted molar refractivity (Wildman–Crippen MR) is 78.3 cm³/mol. The molecule has 5 nitrogen and oxygen atoms in total. The van der Waals surface area contributed by atoms with E-state index in [1.807, 2.05) is 0 Å². The molecule has 2 heterocycles. The number of rotatable bonds is 2. The third-order valence-electron chi connectivity index (χ3n) is 4.92. The summed E-state index contributed by atoms with van der Waals surface area (Å²) < 4.78 is 1.61. The number of hydrogen-bond acceptors (Lipinski definition) is 3. The normalized spacial score (nSPS) is 24.2. The Bertz CT molecular complexity index is 471. The summed E-state index contributed by atoms with van der Waals surface area (Å²) in [6, 6.07) is 0.414. The standard InChI is InChI=1S/C15H24N4O/c1-18-14(12(16)10-17-18)15(20)19-9-5-8-13(19)11-6-3-2-4-7-11/h10-11,13H,2-9,16H2,1H3. The molecule has 2 N–H and O–H groups in total. The topological polar surface area (TPSA) is 64.2 Å². The van der Waals surface area contributed by atoms with Gasteiger partial charge in [-0.05, 0) is 31.6 Å². The first-order chi connectivity index (χ1) is 9.68. The van der Waals surface area contributed by atoms with Crippen LogP contribution < -0.4 is 5.73 Å². The van der Waals surface area contributed by atoms with Crippen molar-refractivity contribution >= 4 is 11.6 Å². The van der Waals surface area contributed by atoms with Gasteiger partial charge in [-0.15, -0.1) is 0 Å². The number of nitrogens with two attached hydrogens (primary N) is 1. The van der Waals surface area contributed by atoms with Crippen LogP contribution in [-0.4, -0.2) is 33.2 Å². The highest BCUT2D eigenvalue weighted by Crippen LogP contribution is 2.35. The lowest BCUT2D eigenvalue weighted by Crippen LogP contribution is -2.41. The van der Waals surface area contributed by atoms with E-state index in [0.717, 1.165) is 19.4 Å². The summed E-state index contributed by atoms with van der Waals surface area (Å²) in [5.74, 6) is 0.750. The van der Waals surface area contributed by atoms with E-state index in [1.54, 1.807) is 17.9 Å². The van der Waals surface area contributed by atoms with E-state index < -0.39 is 0 Å². The molecule has 110 valence electrons. The highest BCUT2D eigenvalue weighted by Gasteiger charge is 2.36. The van der Waals surface area contributed by atoms with Gasteiger partial charge < -0.3 is 10.6 Å². The van der Waals surface area contributed by atoms with E-state index in [1.165, 1.54) is 32.1 Å². The summed E-state index contributed by atoms with van der Waals surface area (Å²) >= 11 is 0. The molecule has 1 aliphatic carbocycles. The lowest BCUT2D eigenvalue weighted by atomic mass is 9.83. The van der Waals surface area contributed by atoms with Crippen molar-refractivity contribution in [1.82, 2.24) is 14.7 Å². The van der Waals surface area contributed by atoms with Crippen LogP contribution in [0.4, 0.5) is 5.69 Å². The maximum Gasteiger partial charge on any atom is 0.274 e. The second-order valence-corrected chi connectivity index (χ2v) is 6.18. The van der Waals surface area contributed by atoms with Crippen molar-refractivity contribution in [2.24, 2.45) is 13.0 Å². The highest BCUT2D eigenvalue weighted by molar-refractivity contribution is 5.97. The molecule has 1 atom stereocenters. The second-order valence-electron chi connectivity index (χ2n) is 6.18. The summed E-state index contributed by atoms with van der Waals surface area (Å²) in [7, 11) is 1.79. The quantitative estimate of drug-likeness (QED) is 0.900. The van der Waals surface area contributed by atoms with Crippen molar-refractivity contribution in [3.63, 3.8) is 0 Å². The van der Waals surface area contributed by atoms with Crippen LogP contribution in [-0.2, 0) is 7.05 Å². The van der Waals surface area contributed by atoms with Gasteiger partial charge in [-0.3, -0.25) is 9.48 Å². The number of amides is 1. The molecule has 1 aliphatic heterocycles. The van der Waals surface area contributed by atoms with Gasteiger partial charge in [0.1, 0.15) is 5.69 Å². The average molecular weight is 276 g/mol. The van der Waals surface area contributed by atoms with Crippen molar-refractivity contribution < 1.29 is 4.79 Å². The molecule has 20 heavy (non-hydrogen) atoms. The Hall–Kier alpha value is -1.52. The first-order valence-corrected chi connectivity index (χ1v) is 7.77. The van der Waals surface area contributed by atoms with Gasteiger partial charge >= 0.3 is 0 Å². The minimum Gasteiger partial charge on any atom is -0.396 e. The third kappa shape index (κ3) is 2.30. The molecule has 0 aromatic carbocycles. The molecule has 0 bridgehead atoms. The van der Waals surface area contributed by atoms with Crippen molar-refractivity contribution in [2.45, 2.75) is 51.0 Å². The van der Waals surface area contributed by atoms with Gasteiger partial charge in [-0.25, -0.2) is 0 Å². The molecular formula is C15H24N4O. The lowest BCUT2D eigenvalue weighted by Gasteiger charge is -2.34. The van der Waals surface area contributed by atoms with E-state index in [9.17, 15) is 4.79 Å². The van der Waals surface area contributed by atoms with Gasteiger partial charge in [0.05, 0.1) is 11.9 Å². The lowest BCUT2D eigenvalue weighted by molar-refractivity contribution is 0.0651. The molecular weight excluding hydrogens is 252 g/mol. The molecule has 0 radical (unpaired) electrons. The van der Waals surface area contributed by atoms with Gasteiger partial charge in [0.2, 0.25) is 0 Å². The van der Waals surface area contributed by atoms with Crippen LogP contribution in [0.5, 0.6) is 0 Å². The number of anilines is 1. The van der Waals surface area contributed by atoms with Crippen LogP contribution in [0.3, 0.4) is 0 Å². The molecule has 1 aromatic heterocycles. The molecule has 1 saturated heterocycles. The zero-order valence-corrected chi connectivity index (χ0v) is 12.2. The number of carbonyl (C=O) groups excluding carboxylic acids is 1. The Labute approximate surface area is 120 Å². The molecule has 1 amide bonds. The summed E-state index contributed by atoms with van der Waals surface area (Å²) in [5, 5.41) is 4.09. The average Bonchev–Trinajstić information content (AvgIpc) is 3.07. The van der Waals surface area contributed by atoms with E-state index in [2.05, 4.69) is 10.00 Å². The molecule has 3 rings (SSSR count). The summed E-state index contributed by atoms with van der Waals surface area (Å²) in [6.45, 7) is 0.866. The summed E-state index contributed by atoms with van der Waals surface area (Å²) in [5.41, 5.74) is 6.94. The Morgan fingerprint density at radius 1 is 1.25 bits per heavy atom. The smallest absolute Gasteiger partial charge is 0.274 e. The van der Waals surface area contributed by atoms with Crippen LogP contribution >= 0.6 is 0 Å². The predicted octanol–water partition coefficient (Wildman–Crippen LogP) is 2.19. The molecule has 1 saturated carbocycles. The van der Waals surface area contributed by atoms with Crippen LogP contribution in [0.15, 0.2) is 6.20 Å². The van der Waals surface area contributed by atoms with E-state index in [4.69, 9.17) is 5.73 Å². The Morgan fingerprint density at radius 3 is 2.65 bits per heavy atom. The fourth-order valence-electron chi connectivity index (χ4n) is 3.91. The van der Waals surface area contributed by atoms with Gasteiger partial charge in [-0.1, -0.05) is 19.3 Å². The van der Waals surface area contributed by atoms with Gasteiger partial charge in [-0.2, -0.15) is 5.10 Å². The Balaban J connectivity index is 1.79. The van der Waals surface area contributed by atoms with Crippen LogP contribution in [0.2, 0.25) is 0 Å². The number of carbonyl (C=O) groups is 1. The van der Waals surface area contributed by atoms with E-state index >= 15 is 0 Å². The summed E-state index contributed by atoms with van der Waals surface area (Å²) in [6.07, 6.45) is 10.4.